The molecule has 2 unspecified atom stereocenters. The highest BCUT2D eigenvalue weighted by atomic mass is 16.5. The molecule has 3 rings (SSSR count). The molecule has 0 fully saturated rings. The Hall–Kier alpha value is -2.82. The molecule has 25 heavy (non-hydrogen) atoms. The fraction of sp³-hybridized carbons (Fsp3) is 0.300. The van der Waals surface area contributed by atoms with Crippen molar-refractivity contribution in [3.8, 4) is 5.75 Å². The molecule has 0 bridgehead atoms. The molecule has 0 spiro atoms. The van der Waals surface area contributed by atoms with Gasteiger partial charge in [0.05, 0.1) is 12.0 Å². The topological polar surface area (TPSA) is 67.4 Å². The van der Waals surface area contributed by atoms with Gasteiger partial charge in [0, 0.05) is 12.6 Å². The highest BCUT2D eigenvalue weighted by Crippen LogP contribution is 2.28. The van der Waals surface area contributed by atoms with Crippen LogP contribution in [0.15, 0.2) is 48.5 Å². The summed E-state index contributed by atoms with van der Waals surface area (Å²) in [5.41, 5.74) is 2.70. The lowest BCUT2D eigenvalue weighted by Gasteiger charge is -2.26. The first-order valence-electron chi connectivity index (χ1n) is 8.41. The van der Waals surface area contributed by atoms with Crippen molar-refractivity contribution in [1.82, 2.24) is 5.32 Å². The normalized spacial score (nSPS) is 17.0. The molecule has 5 nitrogen and oxygen atoms in total. The number of carbonyl (C=O) groups is 2. The fourth-order valence-electron chi connectivity index (χ4n) is 3.00. The molecular formula is C20H22N2O3. The standard InChI is InChI=1S/C20H22N2O3/c1-13(15-6-4-3-5-7-15)20(24)22-17-8-9-19-16(10-17)11-18(12-25-19)21-14(2)23/h3-10,13,18H,11-12H2,1-2H3,(H,21,23)(H,22,24). The lowest BCUT2D eigenvalue weighted by molar-refractivity contribution is -0.120. The zero-order valence-corrected chi connectivity index (χ0v) is 14.4. The Bertz CT molecular complexity index is 774. The largest absolute Gasteiger partial charge is 0.491 e. The number of hydrogen-bond acceptors (Lipinski definition) is 3. The van der Waals surface area contributed by atoms with E-state index in [1.807, 2.05) is 55.5 Å². The quantitative estimate of drug-likeness (QED) is 0.901. The number of ether oxygens (including phenoxy) is 1. The molecule has 1 aliphatic rings. The van der Waals surface area contributed by atoms with E-state index < -0.39 is 0 Å². The third-order valence-corrected chi connectivity index (χ3v) is 4.33. The summed E-state index contributed by atoms with van der Waals surface area (Å²) in [5, 5.41) is 5.84. The molecule has 0 radical (unpaired) electrons. The van der Waals surface area contributed by atoms with Crippen molar-refractivity contribution < 1.29 is 14.3 Å². The number of amides is 2. The maximum atomic E-state index is 12.5. The average Bonchev–Trinajstić information content (AvgIpc) is 2.61. The van der Waals surface area contributed by atoms with Gasteiger partial charge in [-0.3, -0.25) is 9.59 Å². The SMILES string of the molecule is CC(=O)NC1COc2ccc(NC(=O)C(C)c3ccccc3)cc2C1. The Morgan fingerprint density at radius 3 is 2.64 bits per heavy atom. The van der Waals surface area contributed by atoms with E-state index in [-0.39, 0.29) is 23.8 Å². The molecule has 5 heteroatoms. The van der Waals surface area contributed by atoms with E-state index >= 15 is 0 Å². The van der Waals surface area contributed by atoms with Crippen LogP contribution in [0.5, 0.6) is 5.75 Å². The molecular weight excluding hydrogens is 316 g/mol. The zero-order valence-electron chi connectivity index (χ0n) is 14.4. The van der Waals surface area contributed by atoms with Crippen LogP contribution in [0.2, 0.25) is 0 Å². The molecule has 130 valence electrons. The minimum Gasteiger partial charge on any atom is -0.491 e. The van der Waals surface area contributed by atoms with Gasteiger partial charge in [-0.15, -0.1) is 0 Å². The van der Waals surface area contributed by atoms with Crippen LogP contribution in [0, 0.1) is 0 Å². The van der Waals surface area contributed by atoms with Gasteiger partial charge in [0.1, 0.15) is 12.4 Å². The van der Waals surface area contributed by atoms with Gasteiger partial charge in [0.2, 0.25) is 11.8 Å². The Morgan fingerprint density at radius 2 is 1.92 bits per heavy atom. The molecule has 1 aliphatic heterocycles. The summed E-state index contributed by atoms with van der Waals surface area (Å²) in [6.45, 7) is 3.85. The summed E-state index contributed by atoms with van der Waals surface area (Å²) < 4.78 is 5.69. The van der Waals surface area contributed by atoms with Gasteiger partial charge in [-0.25, -0.2) is 0 Å². The van der Waals surface area contributed by atoms with Crippen molar-refractivity contribution in [3.63, 3.8) is 0 Å². The van der Waals surface area contributed by atoms with E-state index in [4.69, 9.17) is 4.74 Å². The smallest absolute Gasteiger partial charge is 0.231 e. The monoisotopic (exact) mass is 338 g/mol. The van der Waals surface area contributed by atoms with Crippen molar-refractivity contribution in [2.75, 3.05) is 11.9 Å². The molecule has 0 saturated carbocycles. The number of rotatable bonds is 4. The van der Waals surface area contributed by atoms with Gasteiger partial charge < -0.3 is 15.4 Å². The van der Waals surface area contributed by atoms with E-state index in [2.05, 4.69) is 10.6 Å². The Kier molecular flexibility index (Phi) is 5.03. The summed E-state index contributed by atoms with van der Waals surface area (Å²) in [6, 6.07) is 15.3. The van der Waals surface area contributed by atoms with E-state index in [0.29, 0.717) is 13.0 Å². The highest BCUT2D eigenvalue weighted by Gasteiger charge is 2.21. The minimum atomic E-state index is -0.236. The van der Waals surface area contributed by atoms with Gasteiger partial charge in [-0.1, -0.05) is 30.3 Å². The maximum Gasteiger partial charge on any atom is 0.231 e. The minimum absolute atomic E-state index is 0.0424. The maximum absolute atomic E-state index is 12.5. The molecule has 0 aliphatic carbocycles. The molecule has 2 N–H and O–H groups in total. The second-order valence-corrected chi connectivity index (χ2v) is 6.36. The molecule has 0 aromatic heterocycles. The van der Waals surface area contributed by atoms with Crippen molar-refractivity contribution >= 4 is 17.5 Å². The second kappa shape index (κ2) is 7.38. The molecule has 1 heterocycles. The first kappa shape index (κ1) is 17.0. The average molecular weight is 338 g/mol. The lowest BCUT2D eigenvalue weighted by atomic mass is 9.99. The van der Waals surface area contributed by atoms with E-state index in [1.54, 1.807) is 0 Å². The zero-order chi connectivity index (χ0) is 17.8. The van der Waals surface area contributed by atoms with E-state index in [9.17, 15) is 9.59 Å². The summed E-state index contributed by atoms with van der Waals surface area (Å²) >= 11 is 0. The van der Waals surface area contributed by atoms with Gasteiger partial charge >= 0.3 is 0 Å². The van der Waals surface area contributed by atoms with Crippen LogP contribution in [0.1, 0.15) is 30.9 Å². The third-order valence-electron chi connectivity index (χ3n) is 4.33. The summed E-state index contributed by atoms with van der Waals surface area (Å²) in [5.74, 6) is 0.441. The number of anilines is 1. The molecule has 0 saturated heterocycles. The second-order valence-electron chi connectivity index (χ2n) is 6.36. The van der Waals surface area contributed by atoms with Crippen LogP contribution in [0.3, 0.4) is 0 Å². The molecule has 2 aromatic carbocycles. The van der Waals surface area contributed by atoms with Crippen molar-refractivity contribution in [2.45, 2.75) is 32.2 Å². The number of carbonyl (C=O) groups excluding carboxylic acids is 2. The summed E-state index contributed by atoms with van der Waals surface area (Å²) in [4.78, 5) is 23.7. The van der Waals surface area contributed by atoms with Crippen molar-refractivity contribution in [3.05, 3.63) is 59.7 Å². The lowest BCUT2D eigenvalue weighted by Crippen LogP contribution is -2.41. The Balaban J connectivity index is 1.70. The van der Waals surface area contributed by atoms with Gasteiger partial charge in [0.15, 0.2) is 0 Å². The number of fused-ring (bicyclic) bond motifs is 1. The van der Waals surface area contributed by atoms with Crippen LogP contribution in [-0.2, 0) is 16.0 Å². The number of benzene rings is 2. The van der Waals surface area contributed by atoms with E-state index in [0.717, 1.165) is 22.6 Å². The number of hydrogen-bond donors (Lipinski definition) is 2. The van der Waals surface area contributed by atoms with Crippen LogP contribution in [0.4, 0.5) is 5.69 Å². The predicted octanol–water partition coefficient (Wildman–Crippen LogP) is 2.87. The van der Waals surface area contributed by atoms with Crippen LogP contribution in [-0.4, -0.2) is 24.5 Å². The van der Waals surface area contributed by atoms with Crippen molar-refractivity contribution in [2.24, 2.45) is 0 Å². The predicted molar refractivity (Wildman–Crippen MR) is 96.7 cm³/mol. The Labute approximate surface area is 147 Å². The number of nitrogens with one attached hydrogen (secondary N) is 2. The first-order chi connectivity index (χ1) is 12.0. The van der Waals surface area contributed by atoms with Gasteiger partial charge in [0.25, 0.3) is 0 Å². The first-order valence-corrected chi connectivity index (χ1v) is 8.41. The third kappa shape index (κ3) is 4.18. The van der Waals surface area contributed by atoms with Crippen LogP contribution < -0.4 is 15.4 Å². The highest BCUT2D eigenvalue weighted by molar-refractivity contribution is 5.95. The molecule has 2 amide bonds. The van der Waals surface area contributed by atoms with Crippen molar-refractivity contribution in [1.29, 1.82) is 0 Å². The van der Waals surface area contributed by atoms with Gasteiger partial charge in [-0.2, -0.15) is 0 Å². The van der Waals surface area contributed by atoms with E-state index in [1.165, 1.54) is 6.92 Å². The summed E-state index contributed by atoms with van der Waals surface area (Å²) in [7, 11) is 0. The fourth-order valence-corrected chi connectivity index (χ4v) is 3.00. The van der Waals surface area contributed by atoms with Gasteiger partial charge in [-0.05, 0) is 42.7 Å². The molecule has 2 aromatic rings. The Morgan fingerprint density at radius 1 is 1.16 bits per heavy atom. The van der Waals surface area contributed by atoms with Crippen LogP contribution >= 0.6 is 0 Å². The van der Waals surface area contributed by atoms with Crippen LogP contribution in [0.25, 0.3) is 0 Å². The molecule has 2 atom stereocenters. The summed E-state index contributed by atoms with van der Waals surface area (Å²) in [6.07, 6.45) is 0.687.